The van der Waals surface area contributed by atoms with E-state index in [0.717, 1.165) is 23.0 Å². The first-order valence-corrected chi connectivity index (χ1v) is 6.90. The number of alkyl halides is 3. The van der Waals surface area contributed by atoms with E-state index in [1.165, 1.54) is 12.8 Å². The fraction of sp³-hybridized carbons (Fsp3) is 0.467. The molecule has 1 saturated carbocycles. The van der Waals surface area contributed by atoms with Crippen LogP contribution in [0.5, 0.6) is 0 Å². The number of nitrogens with zero attached hydrogens (tertiary/aromatic N) is 1. The molecule has 0 radical (unpaired) electrons. The molecule has 0 aliphatic heterocycles. The predicted octanol–water partition coefficient (Wildman–Crippen LogP) is 3.85. The number of halogens is 3. The van der Waals surface area contributed by atoms with Gasteiger partial charge in [0.2, 0.25) is 0 Å². The van der Waals surface area contributed by atoms with Crippen molar-refractivity contribution in [3.05, 3.63) is 36.0 Å². The summed E-state index contributed by atoms with van der Waals surface area (Å²) in [6.45, 7) is 0.700. The Morgan fingerprint density at radius 2 is 2.00 bits per heavy atom. The number of benzene rings is 1. The Labute approximate surface area is 115 Å². The molecule has 1 aliphatic carbocycles. The first-order chi connectivity index (χ1) is 9.53. The van der Waals surface area contributed by atoms with Crippen LogP contribution in [0.15, 0.2) is 30.5 Å². The molecule has 0 saturated heterocycles. The molecule has 1 aromatic carbocycles. The first kappa shape index (κ1) is 13.5. The lowest BCUT2D eigenvalue weighted by molar-refractivity contribution is -0.136. The Balaban J connectivity index is 1.83. The van der Waals surface area contributed by atoms with Crippen molar-refractivity contribution >= 4 is 10.9 Å². The fourth-order valence-electron chi connectivity index (χ4n) is 2.46. The molecule has 1 aliphatic rings. The minimum atomic E-state index is -4.11. The molecular weight excluding hydrogens is 265 g/mol. The van der Waals surface area contributed by atoms with Gasteiger partial charge in [-0.3, -0.25) is 0 Å². The third-order valence-electron chi connectivity index (χ3n) is 3.67. The quantitative estimate of drug-likeness (QED) is 0.881. The molecule has 5 heteroatoms. The topological polar surface area (TPSA) is 17.0 Å². The van der Waals surface area contributed by atoms with Crippen molar-refractivity contribution in [1.82, 2.24) is 9.88 Å². The smallest absolute Gasteiger partial charge is 0.347 e. The van der Waals surface area contributed by atoms with Gasteiger partial charge < -0.3 is 9.88 Å². The van der Waals surface area contributed by atoms with Gasteiger partial charge in [-0.15, -0.1) is 0 Å². The van der Waals surface area contributed by atoms with E-state index in [9.17, 15) is 13.2 Å². The van der Waals surface area contributed by atoms with Crippen molar-refractivity contribution < 1.29 is 13.2 Å². The molecule has 1 aromatic heterocycles. The molecule has 0 spiro atoms. The second kappa shape index (κ2) is 5.13. The Morgan fingerprint density at radius 3 is 2.70 bits per heavy atom. The van der Waals surface area contributed by atoms with Crippen molar-refractivity contribution in [2.24, 2.45) is 0 Å². The Bertz CT molecular complexity index is 597. The average Bonchev–Trinajstić information content (AvgIpc) is 3.12. The molecule has 0 unspecified atom stereocenters. The van der Waals surface area contributed by atoms with Gasteiger partial charge in [-0.1, -0.05) is 18.2 Å². The molecule has 2 aromatic rings. The van der Waals surface area contributed by atoms with Gasteiger partial charge in [-0.05, 0) is 29.9 Å². The average molecular weight is 282 g/mol. The van der Waals surface area contributed by atoms with E-state index in [-0.39, 0.29) is 6.54 Å². The molecule has 0 bridgehead atoms. The van der Waals surface area contributed by atoms with Gasteiger partial charge in [-0.25, -0.2) is 0 Å². The van der Waals surface area contributed by atoms with Crippen LogP contribution in [0.3, 0.4) is 0 Å². The van der Waals surface area contributed by atoms with Crippen LogP contribution in [-0.4, -0.2) is 16.8 Å². The van der Waals surface area contributed by atoms with Gasteiger partial charge in [-0.2, -0.15) is 13.2 Å². The Morgan fingerprint density at radius 1 is 1.20 bits per heavy atom. The molecule has 0 atom stereocenters. The maximum atomic E-state index is 12.4. The van der Waals surface area contributed by atoms with E-state index < -0.39 is 12.6 Å². The van der Waals surface area contributed by atoms with E-state index in [1.807, 2.05) is 24.3 Å². The largest absolute Gasteiger partial charge is 0.390 e. The number of para-hydroxylation sites is 1. The van der Waals surface area contributed by atoms with Crippen LogP contribution in [0.4, 0.5) is 13.2 Å². The zero-order valence-corrected chi connectivity index (χ0v) is 11.1. The van der Waals surface area contributed by atoms with Crippen LogP contribution in [0.2, 0.25) is 0 Å². The number of hydrogen-bond acceptors (Lipinski definition) is 1. The summed E-state index contributed by atoms with van der Waals surface area (Å²) < 4.78 is 38.9. The summed E-state index contributed by atoms with van der Waals surface area (Å²) >= 11 is 0. The van der Waals surface area contributed by atoms with Gasteiger partial charge in [0.25, 0.3) is 0 Å². The summed E-state index contributed by atoms with van der Waals surface area (Å²) in [5.74, 6) is 0. The van der Waals surface area contributed by atoms with Crippen LogP contribution in [0.25, 0.3) is 10.9 Å². The standard InChI is InChI=1S/C15H17F3N2/c16-15(17,18)7-9-20-8-6-11-2-1-3-12(14(11)20)10-19-13-4-5-13/h1-3,6,8,13,19H,4-5,7,9-10H2. The second-order valence-corrected chi connectivity index (χ2v) is 5.38. The zero-order valence-electron chi connectivity index (χ0n) is 11.1. The minimum absolute atomic E-state index is 0.0204. The van der Waals surface area contributed by atoms with Crippen molar-refractivity contribution in [3.8, 4) is 0 Å². The van der Waals surface area contributed by atoms with E-state index >= 15 is 0 Å². The number of rotatable bonds is 5. The normalized spacial score (nSPS) is 15.9. The summed E-state index contributed by atoms with van der Waals surface area (Å²) in [4.78, 5) is 0. The second-order valence-electron chi connectivity index (χ2n) is 5.38. The third kappa shape index (κ3) is 3.15. The molecule has 108 valence electrons. The maximum absolute atomic E-state index is 12.4. The molecular formula is C15H17F3N2. The minimum Gasteiger partial charge on any atom is -0.347 e. The summed E-state index contributed by atoms with van der Waals surface area (Å²) in [6.07, 6.45) is -0.758. The molecule has 1 heterocycles. The Kier molecular flexibility index (Phi) is 3.46. The molecule has 0 amide bonds. The number of nitrogens with one attached hydrogen (secondary N) is 1. The summed E-state index contributed by atoms with van der Waals surface area (Å²) in [7, 11) is 0. The third-order valence-corrected chi connectivity index (χ3v) is 3.67. The van der Waals surface area contributed by atoms with Crippen LogP contribution in [-0.2, 0) is 13.1 Å². The van der Waals surface area contributed by atoms with Crippen molar-refractivity contribution in [3.63, 3.8) is 0 Å². The highest BCUT2D eigenvalue weighted by Gasteiger charge is 2.27. The molecule has 1 N–H and O–H groups in total. The SMILES string of the molecule is FC(F)(F)CCn1ccc2cccc(CNC3CC3)c21. The van der Waals surface area contributed by atoms with Crippen LogP contribution in [0, 0.1) is 0 Å². The highest BCUT2D eigenvalue weighted by atomic mass is 19.4. The summed E-state index contributed by atoms with van der Waals surface area (Å²) in [5, 5.41) is 4.42. The van der Waals surface area contributed by atoms with E-state index in [1.54, 1.807) is 10.8 Å². The van der Waals surface area contributed by atoms with Gasteiger partial charge in [0.05, 0.1) is 11.9 Å². The van der Waals surface area contributed by atoms with Gasteiger partial charge >= 0.3 is 6.18 Å². The monoisotopic (exact) mass is 282 g/mol. The molecule has 3 rings (SSSR count). The highest BCUT2D eigenvalue weighted by Crippen LogP contribution is 2.26. The van der Waals surface area contributed by atoms with Crippen LogP contribution >= 0.6 is 0 Å². The Hall–Kier alpha value is -1.49. The summed E-state index contributed by atoms with van der Waals surface area (Å²) in [5.41, 5.74) is 1.99. The highest BCUT2D eigenvalue weighted by molar-refractivity contribution is 5.83. The van der Waals surface area contributed by atoms with Gasteiger partial charge in [0.15, 0.2) is 0 Å². The van der Waals surface area contributed by atoms with Crippen LogP contribution in [0.1, 0.15) is 24.8 Å². The zero-order chi connectivity index (χ0) is 14.2. The first-order valence-electron chi connectivity index (χ1n) is 6.90. The van der Waals surface area contributed by atoms with Crippen molar-refractivity contribution in [1.29, 1.82) is 0 Å². The number of aryl methyl sites for hydroxylation is 1. The number of hydrogen-bond donors (Lipinski definition) is 1. The fourth-order valence-corrected chi connectivity index (χ4v) is 2.46. The van der Waals surface area contributed by atoms with Crippen molar-refractivity contribution in [2.45, 2.75) is 44.6 Å². The lowest BCUT2D eigenvalue weighted by Crippen LogP contribution is -2.16. The van der Waals surface area contributed by atoms with E-state index in [2.05, 4.69) is 5.32 Å². The number of aromatic nitrogens is 1. The van der Waals surface area contributed by atoms with Gasteiger partial charge in [0.1, 0.15) is 0 Å². The van der Waals surface area contributed by atoms with Crippen LogP contribution < -0.4 is 5.32 Å². The predicted molar refractivity (Wildman–Crippen MR) is 72.5 cm³/mol. The molecule has 2 nitrogen and oxygen atoms in total. The summed E-state index contributed by atoms with van der Waals surface area (Å²) in [6, 6.07) is 8.36. The van der Waals surface area contributed by atoms with Gasteiger partial charge in [0, 0.05) is 25.3 Å². The maximum Gasteiger partial charge on any atom is 0.390 e. The lowest BCUT2D eigenvalue weighted by atomic mass is 10.1. The molecule has 20 heavy (non-hydrogen) atoms. The van der Waals surface area contributed by atoms with Crippen molar-refractivity contribution in [2.75, 3.05) is 0 Å². The number of fused-ring (bicyclic) bond motifs is 1. The lowest BCUT2D eigenvalue weighted by Gasteiger charge is -2.12. The molecule has 1 fully saturated rings. The van der Waals surface area contributed by atoms with E-state index in [4.69, 9.17) is 0 Å². The van der Waals surface area contributed by atoms with E-state index in [0.29, 0.717) is 6.04 Å².